The number of hydrogen-bond acceptors (Lipinski definition) is 5. The first-order chi connectivity index (χ1) is 6.99. The minimum absolute atomic E-state index is 0.0119. The van der Waals surface area contributed by atoms with Crippen LogP contribution in [0.1, 0.15) is 13.8 Å². The van der Waals surface area contributed by atoms with Gasteiger partial charge in [0.15, 0.2) is 5.82 Å². The Morgan fingerprint density at radius 1 is 1.53 bits per heavy atom. The molecule has 0 bridgehead atoms. The molecule has 0 radical (unpaired) electrons. The maximum atomic E-state index is 11.4. The van der Waals surface area contributed by atoms with E-state index in [1.807, 2.05) is 13.8 Å². The van der Waals surface area contributed by atoms with Crippen LogP contribution >= 0.6 is 0 Å². The SMILES string of the molecule is CC(C)NCCS(=O)(=O)Nc1ccon1. The van der Waals surface area contributed by atoms with Gasteiger partial charge >= 0.3 is 0 Å². The van der Waals surface area contributed by atoms with Crippen LogP contribution in [0.25, 0.3) is 0 Å². The van der Waals surface area contributed by atoms with Crippen LogP contribution in [0.3, 0.4) is 0 Å². The third-order valence-electron chi connectivity index (χ3n) is 1.62. The number of aromatic nitrogens is 1. The second-order valence-electron chi connectivity index (χ2n) is 3.41. The molecule has 0 aliphatic rings. The number of anilines is 1. The average molecular weight is 233 g/mol. The lowest BCUT2D eigenvalue weighted by Crippen LogP contribution is -2.30. The Kier molecular flexibility index (Phi) is 4.10. The van der Waals surface area contributed by atoms with Gasteiger partial charge < -0.3 is 9.84 Å². The molecule has 0 saturated heterocycles. The van der Waals surface area contributed by atoms with Crippen LogP contribution in [0.15, 0.2) is 16.9 Å². The summed E-state index contributed by atoms with van der Waals surface area (Å²) in [7, 11) is -3.34. The van der Waals surface area contributed by atoms with E-state index in [0.717, 1.165) is 0 Å². The van der Waals surface area contributed by atoms with Crippen LogP contribution < -0.4 is 10.0 Å². The van der Waals surface area contributed by atoms with E-state index in [4.69, 9.17) is 0 Å². The Morgan fingerprint density at radius 2 is 2.27 bits per heavy atom. The van der Waals surface area contributed by atoms with Crippen molar-refractivity contribution < 1.29 is 12.9 Å². The summed E-state index contributed by atoms with van der Waals surface area (Å²) < 4.78 is 29.7. The maximum absolute atomic E-state index is 11.4. The summed E-state index contributed by atoms with van der Waals surface area (Å²) in [4.78, 5) is 0. The van der Waals surface area contributed by atoms with E-state index in [0.29, 0.717) is 6.54 Å². The van der Waals surface area contributed by atoms with Gasteiger partial charge in [-0.05, 0) is 0 Å². The summed E-state index contributed by atoms with van der Waals surface area (Å²) >= 11 is 0. The van der Waals surface area contributed by atoms with E-state index in [-0.39, 0.29) is 17.6 Å². The fourth-order valence-corrected chi connectivity index (χ4v) is 1.87. The summed E-state index contributed by atoms with van der Waals surface area (Å²) in [6.45, 7) is 4.32. The molecule has 1 aromatic heterocycles. The summed E-state index contributed by atoms with van der Waals surface area (Å²) in [6.07, 6.45) is 1.31. The first-order valence-corrected chi connectivity index (χ1v) is 6.29. The van der Waals surface area contributed by atoms with Gasteiger partial charge in [0, 0.05) is 18.7 Å². The summed E-state index contributed by atoms with van der Waals surface area (Å²) in [5, 5.41) is 6.48. The molecule has 0 aliphatic carbocycles. The topological polar surface area (TPSA) is 84.2 Å². The number of sulfonamides is 1. The van der Waals surface area contributed by atoms with Gasteiger partial charge in [-0.2, -0.15) is 0 Å². The van der Waals surface area contributed by atoms with Gasteiger partial charge in [0.25, 0.3) is 0 Å². The van der Waals surface area contributed by atoms with Crippen molar-refractivity contribution in [3.63, 3.8) is 0 Å². The van der Waals surface area contributed by atoms with Gasteiger partial charge in [0.05, 0.1) is 5.75 Å². The molecule has 0 atom stereocenters. The van der Waals surface area contributed by atoms with Crippen molar-refractivity contribution in [3.8, 4) is 0 Å². The number of nitrogens with zero attached hydrogens (tertiary/aromatic N) is 1. The van der Waals surface area contributed by atoms with Gasteiger partial charge in [0.1, 0.15) is 6.26 Å². The summed E-state index contributed by atoms with van der Waals surface area (Å²) in [5.74, 6) is 0.220. The number of nitrogens with one attached hydrogen (secondary N) is 2. The predicted molar refractivity (Wildman–Crippen MR) is 57.1 cm³/mol. The molecule has 86 valence electrons. The quantitative estimate of drug-likeness (QED) is 0.743. The van der Waals surface area contributed by atoms with Crippen molar-refractivity contribution in [3.05, 3.63) is 12.3 Å². The van der Waals surface area contributed by atoms with Crippen LogP contribution in [0, 0.1) is 0 Å². The standard InChI is InChI=1S/C8H15N3O3S/c1-7(2)9-4-6-15(12,13)11-8-3-5-14-10-8/h3,5,7,9H,4,6H2,1-2H3,(H,10,11). The molecule has 1 aromatic rings. The molecule has 15 heavy (non-hydrogen) atoms. The molecule has 0 spiro atoms. The van der Waals surface area contributed by atoms with Gasteiger partial charge in [-0.25, -0.2) is 8.42 Å². The normalized spacial score (nSPS) is 11.9. The summed E-state index contributed by atoms with van der Waals surface area (Å²) in [6, 6.07) is 1.72. The largest absolute Gasteiger partial charge is 0.363 e. The molecule has 0 amide bonds. The monoisotopic (exact) mass is 233 g/mol. The second kappa shape index (κ2) is 5.13. The molecule has 2 N–H and O–H groups in total. The predicted octanol–water partition coefficient (Wildman–Crippen LogP) is 0.414. The maximum Gasteiger partial charge on any atom is 0.235 e. The van der Waals surface area contributed by atoms with Crippen LogP contribution in [-0.4, -0.2) is 31.9 Å². The van der Waals surface area contributed by atoms with Crippen LogP contribution in [0.5, 0.6) is 0 Å². The van der Waals surface area contributed by atoms with E-state index >= 15 is 0 Å². The zero-order valence-electron chi connectivity index (χ0n) is 8.73. The van der Waals surface area contributed by atoms with Crippen LogP contribution in [-0.2, 0) is 10.0 Å². The molecule has 6 nitrogen and oxygen atoms in total. The van der Waals surface area contributed by atoms with Crippen molar-refractivity contribution in [1.29, 1.82) is 0 Å². The molecule has 7 heteroatoms. The number of hydrogen-bond donors (Lipinski definition) is 2. The van der Waals surface area contributed by atoms with E-state index in [2.05, 4.69) is 19.7 Å². The third kappa shape index (κ3) is 4.80. The molecular weight excluding hydrogens is 218 g/mol. The zero-order chi connectivity index (χ0) is 11.3. The van der Waals surface area contributed by atoms with E-state index < -0.39 is 10.0 Å². The van der Waals surface area contributed by atoms with Gasteiger partial charge in [-0.15, -0.1) is 0 Å². The van der Waals surface area contributed by atoms with Crippen molar-refractivity contribution in [2.24, 2.45) is 0 Å². The highest BCUT2D eigenvalue weighted by Crippen LogP contribution is 2.04. The molecular formula is C8H15N3O3S. The van der Waals surface area contributed by atoms with E-state index in [9.17, 15) is 8.42 Å². The highest BCUT2D eigenvalue weighted by atomic mass is 32.2. The van der Waals surface area contributed by atoms with Gasteiger partial charge in [-0.1, -0.05) is 19.0 Å². The smallest absolute Gasteiger partial charge is 0.235 e. The van der Waals surface area contributed by atoms with Crippen molar-refractivity contribution in [2.75, 3.05) is 17.0 Å². The lowest BCUT2D eigenvalue weighted by Gasteiger charge is -2.08. The minimum Gasteiger partial charge on any atom is -0.363 e. The fraction of sp³-hybridized carbons (Fsp3) is 0.625. The van der Waals surface area contributed by atoms with Gasteiger partial charge in [-0.3, -0.25) is 4.72 Å². The average Bonchev–Trinajstić information content (AvgIpc) is 2.54. The van der Waals surface area contributed by atoms with Crippen molar-refractivity contribution in [1.82, 2.24) is 10.5 Å². The van der Waals surface area contributed by atoms with E-state index in [1.165, 1.54) is 12.3 Å². The fourth-order valence-electron chi connectivity index (χ4n) is 0.957. The molecule has 0 unspecified atom stereocenters. The molecule has 1 rings (SSSR count). The highest BCUT2D eigenvalue weighted by Gasteiger charge is 2.11. The molecule has 0 aliphatic heterocycles. The Balaban J connectivity index is 2.39. The lowest BCUT2D eigenvalue weighted by atomic mass is 10.4. The Bertz CT molecular complexity index is 372. The Labute approximate surface area is 89.1 Å². The van der Waals surface area contributed by atoms with Crippen LogP contribution in [0.2, 0.25) is 0 Å². The molecule has 0 aromatic carbocycles. The van der Waals surface area contributed by atoms with Crippen LogP contribution in [0.4, 0.5) is 5.82 Å². The van der Waals surface area contributed by atoms with Crippen molar-refractivity contribution >= 4 is 15.8 Å². The Hall–Kier alpha value is -1.08. The summed E-state index contributed by atoms with van der Waals surface area (Å²) in [5.41, 5.74) is 0. The lowest BCUT2D eigenvalue weighted by molar-refractivity contribution is 0.423. The minimum atomic E-state index is -3.34. The zero-order valence-corrected chi connectivity index (χ0v) is 9.54. The van der Waals surface area contributed by atoms with Gasteiger partial charge in [0.2, 0.25) is 10.0 Å². The van der Waals surface area contributed by atoms with Crippen molar-refractivity contribution in [2.45, 2.75) is 19.9 Å². The van der Waals surface area contributed by atoms with E-state index in [1.54, 1.807) is 0 Å². The second-order valence-corrected chi connectivity index (χ2v) is 5.26. The first-order valence-electron chi connectivity index (χ1n) is 4.64. The number of rotatable bonds is 6. The molecule has 0 saturated carbocycles. The highest BCUT2D eigenvalue weighted by molar-refractivity contribution is 7.92. The molecule has 0 fully saturated rings. The first kappa shape index (κ1) is 12.0. The Morgan fingerprint density at radius 3 is 2.80 bits per heavy atom. The molecule has 1 heterocycles. The third-order valence-corrected chi connectivity index (χ3v) is 2.88.